The van der Waals surface area contributed by atoms with E-state index in [0.717, 1.165) is 18.5 Å². The lowest BCUT2D eigenvalue weighted by atomic mass is 10.1. The van der Waals surface area contributed by atoms with Gasteiger partial charge in [-0.15, -0.1) is 0 Å². The molecule has 156 valence electrons. The number of hydrogen-bond acceptors (Lipinski definition) is 6. The number of pyridine rings is 1. The third-order valence-corrected chi connectivity index (χ3v) is 7.19. The highest BCUT2D eigenvalue weighted by Gasteiger charge is 2.34. The van der Waals surface area contributed by atoms with Crippen molar-refractivity contribution >= 4 is 32.7 Å². The molecule has 4 rings (SSSR count). The van der Waals surface area contributed by atoms with Gasteiger partial charge < -0.3 is 10.6 Å². The topological polar surface area (TPSA) is 123 Å². The van der Waals surface area contributed by atoms with Gasteiger partial charge in [-0.25, -0.2) is 18.1 Å². The number of aromatic nitrogens is 3. The van der Waals surface area contributed by atoms with Crippen molar-refractivity contribution in [3.05, 3.63) is 23.0 Å². The lowest BCUT2D eigenvalue weighted by Crippen LogP contribution is -2.36. The molecule has 2 amide bonds. The average Bonchev–Trinajstić information content (AvgIpc) is 3.39. The van der Waals surface area contributed by atoms with E-state index in [9.17, 15) is 18.0 Å². The first-order chi connectivity index (χ1) is 13.8. The minimum Gasteiger partial charge on any atom is -0.355 e. The van der Waals surface area contributed by atoms with Crippen LogP contribution in [0.25, 0.3) is 11.0 Å². The zero-order chi connectivity index (χ0) is 20.8. The molecular formula is C19H25N5O4S. The molecule has 0 aromatic carbocycles. The Morgan fingerprint density at radius 3 is 2.62 bits per heavy atom. The minimum absolute atomic E-state index is 0.0390. The van der Waals surface area contributed by atoms with Crippen LogP contribution in [0.1, 0.15) is 59.9 Å². The van der Waals surface area contributed by atoms with Crippen LogP contribution >= 0.6 is 0 Å². The van der Waals surface area contributed by atoms with Crippen molar-refractivity contribution in [1.29, 1.82) is 0 Å². The predicted octanol–water partition coefficient (Wildman–Crippen LogP) is 0.843. The number of rotatable bonds is 6. The molecule has 2 aromatic rings. The summed E-state index contributed by atoms with van der Waals surface area (Å²) in [5.41, 5.74) is 2.44. The molecule has 2 aromatic heterocycles. The van der Waals surface area contributed by atoms with Gasteiger partial charge >= 0.3 is 0 Å². The summed E-state index contributed by atoms with van der Waals surface area (Å²) >= 11 is 0. The van der Waals surface area contributed by atoms with E-state index in [-0.39, 0.29) is 35.9 Å². The van der Waals surface area contributed by atoms with E-state index in [4.69, 9.17) is 4.98 Å². The van der Waals surface area contributed by atoms with Crippen molar-refractivity contribution < 1.29 is 18.0 Å². The van der Waals surface area contributed by atoms with Crippen LogP contribution in [0.2, 0.25) is 0 Å². The highest BCUT2D eigenvalue weighted by atomic mass is 32.2. The molecular weight excluding hydrogens is 394 g/mol. The lowest BCUT2D eigenvalue weighted by Gasteiger charge is -2.12. The summed E-state index contributed by atoms with van der Waals surface area (Å²) in [5, 5.41) is 10.5. The first kappa shape index (κ1) is 19.8. The molecule has 0 spiro atoms. The maximum atomic E-state index is 12.9. The summed E-state index contributed by atoms with van der Waals surface area (Å²) in [5.74, 6) is -0.118. The fourth-order valence-electron chi connectivity index (χ4n) is 3.84. The smallest absolute Gasteiger partial charge is 0.252 e. The van der Waals surface area contributed by atoms with Gasteiger partial charge in [-0.2, -0.15) is 5.10 Å². The molecule has 0 unspecified atom stereocenters. The highest BCUT2D eigenvalue weighted by molar-refractivity contribution is 7.91. The Kier molecular flexibility index (Phi) is 5.05. The fraction of sp³-hybridized carbons (Fsp3) is 0.579. The molecule has 0 radical (unpaired) electrons. The number of amides is 2. The molecule has 1 saturated heterocycles. The minimum atomic E-state index is -3.08. The van der Waals surface area contributed by atoms with Crippen molar-refractivity contribution in [2.45, 2.75) is 45.1 Å². The van der Waals surface area contributed by atoms with E-state index >= 15 is 0 Å². The number of fused-ring (bicyclic) bond motifs is 1. The van der Waals surface area contributed by atoms with Crippen LogP contribution in [-0.2, 0) is 14.6 Å². The summed E-state index contributed by atoms with van der Waals surface area (Å²) in [6.07, 6.45) is 2.53. The van der Waals surface area contributed by atoms with Crippen LogP contribution < -0.4 is 10.6 Å². The van der Waals surface area contributed by atoms with Gasteiger partial charge in [0.2, 0.25) is 5.91 Å². The van der Waals surface area contributed by atoms with E-state index < -0.39 is 9.84 Å². The van der Waals surface area contributed by atoms with E-state index in [2.05, 4.69) is 15.7 Å². The van der Waals surface area contributed by atoms with Gasteiger partial charge in [0.25, 0.3) is 5.91 Å². The molecule has 9 nitrogen and oxygen atoms in total. The second-order valence-corrected chi connectivity index (χ2v) is 10.0. The standard InChI is InChI=1S/C19H25N5O4S/c1-3-20-16(25)9-21-19(26)14-8-15(12-4-5-12)22-18-17(14)11(2)23-24(18)13-6-7-29(27,28)10-13/h8,12-13H,3-7,9-10H2,1-2H3,(H,20,25)(H,21,26)/t13-/m0/s1. The van der Waals surface area contributed by atoms with Crippen LogP contribution in [-0.4, -0.2) is 59.6 Å². The SMILES string of the molecule is CCNC(=O)CNC(=O)c1cc(C2CC2)nc2c1c(C)nn2[C@H]1CCS(=O)(=O)C1. The van der Waals surface area contributed by atoms with Crippen LogP contribution in [0.5, 0.6) is 0 Å². The highest BCUT2D eigenvalue weighted by Crippen LogP contribution is 2.41. The third kappa shape index (κ3) is 3.98. The zero-order valence-corrected chi connectivity index (χ0v) is 17.4. The molecule has 0 bridgehead atoms. The molecule has 10 heteroatoms. The Bertz CT molecular complexity index is 1090. The number of likely N-dealkylation sites (N-methyl/N-ethyl adjacent to an activating group) is 1. The number of hydrogen-bond donors (Lipinski definition) is 2. The molecule has 3 heterocycles. The van der Waals surface area contributed by atoms with Gasteiger partial charge in [0.05, 0.1) is 40.7 Å². The summed E-state index contributed by atoms with van der Waals surface area (Å²) < 4.78 is 25.6. The quantitative estimate of drug-likeness (QED) is 0.715. The maximum Gasteiger partial charge on any atom is 0.252 e. The van der Waals surface area contributed by atoms with Gasteiger partial charge in [0, 0.05) is 18.2 Å². The largest absolute Gasteiger partial charge is 0.355 e. The Morgan fingerprint density at radius 1 is 1.24 bits per heavy atom. The summed E-state index contributed by atoms with van der Waals surface area (Å²) in [7, 11) is -3.08. The van der Waals surface area contributed by atoms with Crippen molar-refractivity contribution in [3.63, 3.8) is 0 Å². The fourth-order valence-corrected chi connectivity index (χ4v) is 5.53. The van der Waals surface area contributed by atoms with E-state index in [1.165, 1.54) is 0 Å². The molecule has 1 aliphatic heterocycles. The summed E-state index contributed by atoms with van der Waals surface area (Å²) in [6.45, 7) is 4.00. The van der Waals surface area contributed by atoms with Gasteiger partial charge in [0.1, 0.15) is 0 Å². The molecule has 2 aliphatic rings. The van der Waals surface area contributed by atoms with E-state index in [0.29, 0.717) is 41.2 Å². The number of nitrogens with one attached hydrogen (secondary N) is 2. The van der Waals surface area contributed by atoms with Gasteiger partial charge in [-0.3, -0.25) is 9.59 Å². The summed E-state index contributed by atoms with van der Waals surface area (Å²) in [6, 6.07) is 1.52. The van der Waals surface area contributed by atoms with Gasteiger partial charge in [-0.05, 0) is 39.2 Å². The van der Waals surface area contributed by atoms with Crippen LogP contribution in [0.15, 0.2) is 6.07 Å². The molecule has 1 aliphatic carbocycles. The first-order valence-corrected chi connectivity index (χ1v) is 11.8. The predicted molar refractivity (Wildman–Crippen MR) is 108 cm³/mol. The monoisotopic (exact) mass is 419 g/mol. The van der Waals surface area contributed by atoms with Crippen molar-refractivity contribution in [2.24, 2.45) is 0 Å². The average molecular weight is 420 g/mol. The zero-order valence-electron chi connectivity index (χ0n) is 16.6. The Labute approximate surface area is 169 Å². The van der Waals surface area contributed by atoms with Crippen molar-refractivity contribution in [1.82, 2.24) is 25.4 Å². The van der Waals surface area contributed by atoms with Crippen molar-refractivity contribution in [3.8, 4) is 0 Å². The third-order valence-electron chi connectivity index (χ3n) is 5.43. The Hall–Kier alpha value is -2.49. The number of nitrogens with zero attached hydrogens (tertiary/aromatic N) is 3. The van der Waals surface area contributed by atoms with Gasteiger partial charge in [-0.1, -0.05) is 0 Å². The van der Waals surface area contributed by atoms with E-state index in [1.807, 2.05) is 6.92 Å². The van der Waals surface area contributed by atoms with Crippen LogP contribution in [0.4, 0.5) is 0 Å². The number of sulfone groups is 1. The maximum absolute atomic E-state index is 12.9. The number of carbonyl (C=O) groups excluding carboxylic acids is 2. The second kappa shape index (κ2) is 7.40. The summed E-state index contributed by atoms with van der Waals surface area (Å²) in [4.78, 5) is 29.4. The molecule has 2 fully saturated rings. The normalized spacial score (nSPS) is 20.7. The second-order valence-electron chi connectivity index (χ2n) is 7.79. The molecule has 2 N–H and O–H groups in total. The van der Waals surface area contributed by atoms with Crippen molar-refractivity contribution in [2.75, 3.05) is 24.6 Å². The Balaban J connectivity index is 1.74. The molecule has 29 heavy (non-hydrogen) atoms. The molecule has 1 atom stereocenters. The number of carbonyl (C=O) groups is 2. The lowest BCUT2D eigenvalue weighted by molar-refractivity contribution is -0.120. The number of aryl methyl sites for hydroxylation is 1. The van der Waals surface area contributed by atoms with Crippen LogP contribution in [0, 0.1) is 6.92 Å². The van der Waals surface area contributed by atoms with Gasteiger partial charge in [0.15, 0.2) is 15.5 Å². The van der Waals surface area contributed by atoms with Crippen LogP contribution in [0.3, 0.4) is 0 Å². The Morgan fingerprint density at radius 2 is 2.00 bits per heavy atom. The van der Waals surface area contributed by atoms with E-state index in [1.54, 1.807) is 17.7 Å². The molecule has 1 saturated carbocycles. The first-order valence-electron chi connectivity index (χ1n) is 9.94.